The van der Waals surface area contributed by atoms with Crippen LogP contribution in [0.3, 0.4) is 0 Å². The first-order valence-corrected chi connectivity index (χ1v) is 6.03. The van der Waals surface area contributed by atoms with Gasteiger partial charge < -0.3 is 10.3 Å². The van der Waals surface area contributed by atoms with Gasteiger partial charge in [-0.1, -0.05) is 48.5 Å². The molecule has 0 aliphatic heterocycles. The van der Waals surface area contributed by atoms with E-state index in [0.717, 1.165) is 23.2 Å². The zero-order valence-corrected chi connectivity index (χ0v) is 10.2. The van der Waals surface area contributed by atoms with E-state index < -0.39 is 0 Å². The smallest absolute Gasteiger partial charge is 0.225 e. The number of fused-ring (bicyclic) bond motifs is 1. The standard InChI is InChI=1S/C15H14N2O/c1-2-13-14(17-18-15(13)16)12-8-7-10-5-3-4-6-11(10)9-12/h3-9H,2,16H2,1H3. The highest BCUT2D eigenvalue weighted by atomic mass is 16.5. The summed E-state index contributed by atoms with van der Waals surface area (Å²) >= 11 is 0. The Labute approximate surface area is 105 Å². The summed E-state index contributed by atoms with van der Waals surface area (Å²) in [4.78, 5) is 0. The fourth-order valence-corrected chi connectivity index (χ4v) is 2.23. The summed E-state index contributed by atoms with van der Waals surface area (Å²) in [6.45, 7) is 2.05. The summed E-state index contributed by atoms with van der Waals surface area (Å²) in [7, 11) is 0. The number of hydrogen-bond acceptors (Lipinski definition) is 3. The maximum Gasteiger partial charge on any atom is 0.225 e. The second-order valence-electron chi connectivity index (χ2n) is 4.29. The van der Waals surface area contributed by atoms with Crippen molar-refractivity contribution < 1.29 is 4.52 Å². The summed E-state index contributed by atoms with van der Waals surface area (Å²) in [5.74, 6) is 0.417. The lowest BCUT2D eigenvalue weighted by Gasteiger charge is -2.02. The average molecular weight is 238 g/mol. The third kappa shape index (κ3) is 1.64. The molecule has 3 rings (SSSR count). The van der Waals surface area contributed by atoms with Crippen LogP contribution in [0.15, 0.2) is 47.0 Å². The summed E-state index contributed by atoms with van der Waals surface area (Å²) in [6, 6.07) is 14.5. The molecule has 0 fully saturated rings. The highest BCUT2D eigenvalue weighted by molar-refractivity contribution is 5.87. The van der Waals surface area contributed by atoms with Gasteiger partial charge in [0.15, 0.2) is 0 Å². The van der Waals surface area contributed by atoms with Crippen molar-refractivity contribution in [3.8, 4) is 11.3 Å². The first-order valence-electron chi connectivity index (χ1n) is 6.03. The van der Waals surface area contributed by atoms with Crippen LogP contribution < -0.4 is 5.73 Å². The van der Waals surface area contributed by atoms with Crippen molar-refractivity contribution in [3.05, 3.63) is 48.0 Å². The molecule has 0 aliphatic rings. The molecule has 0 atom stereocenters. The Bertz CT molecular complexity index is 701. The summed E-state index contributed by atoms with van der Waals surface area (Å²) in [5, 5.41) is 6.48. The number of aromatic nitrogens is 1. The second kappa shape index (κ2) is 4.18. The minimum Gasteiger partial charge on any atom is -0.367 e. The predicted molar refractivity (Wildman–Crippen MR) is 73.2 cm³/mol. The number of nitrogen functional groups attached to an aromatic ring is 1. The molecule has 3 heteroatoms. The minimum absolute atomic E-state index is 0.417. The van der Waals surface area contributed by atoms with Crippen LogP contribution in [0.4, 0.5) is 5.88 Å². The summed E-state index contributed by atoms with van der Waals surface area (Å²) in [5.41, 5.74) is 8.64. The van der Waals surface area contributed by atoms with Crippen molar-refractivity contribution in [1.82, 2.24) is 5.16 Å². The predicted octanol–water partition coefficient (Wildman–Crippen LogP) is 3.64. The van der Waals surface area contributed by atoms with E-state index in [0.29, 0.717) is 5.88 Å². The summed E-state index contributed by atoms with van der Waals surface area (Å²) in [6.07, 6.45) is 0.817. The van der Waals surface area contributed by atoms with E-state index in [9.17, 15) is 0 Å². The Balaban J connectivity index is 2.19. The van der Waals surface area contributed by atoms with Gasteiger partial charge in [-0.2, -0.15) is 0 Å². The van der Waals surface area contributed by atoms with E-state index in [2.05, 4.69) is 35.5 Å². The Morgan fingerprint density at radius 3 is 2.67 bits per heavy atom. The highest BCUT2D eigenvalue weighted by Crippen LogP contribution is 2.29. The molecule has 1 heterocycles. The van der Waals surface area contributed by atoms with E-state index in [1.54, 1.807) is 0 Å². The van der Waals surface area contributed by atoms with Gasteiger partial charge in [0.25, 0.3) is 0 Å². The molecule has 0 saturated carbocycles. The second-order valence-corrected chi connectivity index (χ2v) is 4.29. The lowest BCUT2D eigenvalue weighted by atomic mass is 10.0. The lowest BCUT2D eigenvalue weighted by molar-refractivity contribution is 0.438. The van der Waals surface area contributed by atoms with Crippen molar-refractivity contribution in [2.45, 2.75) is 13.3 Å². The third-order valence-electron chi connectivity index (χ3n) is 3.20. The van der Waals surface area contributed by atoms with Crippen LogP contribution in [-0.4, -0.2) is 5.16 Å². The van der Waals surface area contributed by atoms with E-state index in [1.807, 2.05) is 19.1 Å². The maximum atomic E-state index is 5.77. The van der Waals surface area contributed by atoms with Crippen molar-refractivity contribution in [1.29, 1.82) is 0 Å². The van der Waals surface area contributed by atoms with E-state index in [-0.39, 0.29) is 0 Å². The van der Waals surface area contributed by atoms with Gasteiger partial charge in [0.05, 0.1) is 0 Å². The molecule has 0 amide bonds. The topological polar surface area (TPSA) is 52.0 Å². The van der Waals surface area contributed by atoms with Crippen LogP contribution in [0.2, 0.25) is 0 Å². The van der Waals surface area contributed by atoms with Crippen molar-refractivity contribution in [3.63, 3.8) is 0 Å². The maximum absolute atomic E-state index is 5.77. The molecule has 1 aromatic heterocycles. The van der Waals surface area contributed by atoms with Gasteiger partial charge in [-0.3, -0.25) is 0 Å². The average Bonchev–Trinajstić information content (AvgIpc) is 2.79. The summed E-state index contributed by atoms with van der Waals surface area (Å²) < 4.78 is 5.08. The zero-order valence-electron chi connectivity index (χ0n) is 10.2. The molecule has 2 N–H and O–H groups in total. The van der Waals surface area contributed by atoms with Crippen molar-refractivity contribution in [2.75, 3.05) is 5.73 Å². The fourth-order valence-electron chi connectivity index (χ4n) is 2.23. The SMILES string of the molecule is CCc1c(-c2ccc3ccccc3c2)noc1N. The molecule has 3 aromatic rings. The quantitative estimate of drug-likeness (QED) is 0.741. The van der Waals surface area contributed by atoms with Crippen LogP contribution in [0.1, 0.15) is 12.5 Å². The number of rotatable bonds is 2. The Morgan fingerprint density at radius 2 is 1.89 bits per heavy atom. The number of hydrogen-bond donors (Lipinski definition) is 1. The van der Waals surface area contributed by atoms with Gasteiger partial charge in [0, 0.05) is 11.1 Å². The third-order valence-corrected chi connectivity index (χ3v) is 3.20. The van der Waals surface area contributed by atoms with Crippen molar-refractivity contribution in [2.24, 2.45) is 0 Å². The molecule has 2 aromatic carbocycles. The Morgan fingerprint density at radius 1 is 1.11 bits per heavy atom. The van der Waals surface area contributed by atoms with Crippen LogP contribution in [0.5, 0.6) is 0 Å². The monoisotopic (exact) mass is 238 g/mol. The van der Waals surface area contributed by atoms with Crippen LogP contribution in [0, 0.1) is 0 Å². The zero-order chi connectivity index (χ0) is 12.5. The Hall–Kier alpha value is -2.29. The van der Waals surface area contributed by atoms with Gasteiger partial charge in [-0.15, -0.1) is 0 Å². The molecule has 90 valence electrons. The number of nitrogens with two attached hydrogens (primary N) is 1. The first kappa shape index (κ1) is 10.8. The van der Waals surface area contributed by atoms with Gasteiger partial charge in [0.1, 0.15) is 5.69 Å². The molecule has 0 bridgehead atoms. The van der Waals surface area contributed by atoms with Gasteiger partial charge in [0.2, 0.25) is 5.88 Å². The molecule has 18 heavy (non-hydrogen) atoms. The molecule has 0 radical (unpaired) electrons. The molecular weight excluding hydrogens is 224 g/mol. The fraction of sp³-hybridized carbons (Fsp3) is 0.133. The molecule has 0 aliphatic carbocycles. The first-order chi connectivity index (χ1) is 8.79. The normalized spacial score (nSPS) is 10.9. The van der Waals surface area contributed by atoms with E-state index in [4.69, 9.17) is 10.3 Å². The molecule has 0 spiro atoms. The highest BCUT2D eigenvalue weighted by Gasteiger charge is 2.13. The largest absolute Gasteiger partial charge is 0.367 e. The van der Waals surface area contributed by atoms with Crippen molar-refractivity contribution >= 4 is 16.7 Å². The molecule has 0 unspecified atom stereocenters. The molecule has 3 nitrogen and oxygen atoms in total. The number of nitrogens with zero attached hydrogens (tertiary/aromatic N) is 1. The van der Waals surface area contributed by atoms with Gasteiger partial charge in [-0.25, -0.2) is 0 Å². The molecule has 0 saturated heterocycles. The molecular formula is C15H14N2O. The van der Waals surface area contributed by atoms with E-state index in [1.165, 1.54) is 10.8 Å². The lowest BCUT2D eigenvalue weighted by Crippen LogP contribution is -1.90. The minimum atomic E-state index is 0.417. The number of benzene rings is 2. The van der Waals surface area contributed by atoms with Gasteiger partial charge >= 0.3 is 0 Å². The van der Waals surface area contributed by atoms with Gasteiger partial charge in [-0.05, 0) is 23.3 Å². The van der Waals surface area contributed by atoms with Crippen LogP contribution >= 0.6 is 0 Å². The Kier molecular flexibility index (Phi) is 2.52. The number of anilines is 1. The van der Waals surface area contributed by atoms with Crippen LogP contribution in [-0.2, 0) is 6.42 Å². The van der Waals surface area contributed by atoms with Crippen LogP contribution in [0.25, 0.3) is 22.0 Å². The van der Waals surface area contributed by atoms with E-state index >= 15 is 0 Å².